The van der Waals surface area contributed by atoms with E-state index in [2.05, 4.69) is 15.2 Å². The number of hydrogen-bond acceptors (Lipinski definition) is 5. The molecule has 1 aliphatic heterocycles. The van der Waals surface area contributed by atoms with Gasteiger partial charge < -0.3 is 9.57 Å². The minimum absolute atomic E-state index is 0.413. The summed E-state index contributed by atoms with van der Waals surface area (Å²) in [7, 11) is 0. The number of benzene rings is 2. The Bertz CT molecular complexity index is 1010. The lowest BCUT2D eigenvalue weighted by Gasteiger charge is -2.30. The number of oxime groups is 1. The Morgan fingerprint density at radius 1 is 1.18 bits per heavy atom. The van der Waals surface area contributed by atoms with Crippen molar-refractivity contribution in [2.24, 2.45) is 5.16 Å². The van der Waals surface area contributed by atoms with Crippen LogP contribution in [0.5, 0.6) is 5.75 Å². The maximum atomic E-state index is 6.24. The third-order valence-electron chi connectivity index (χ3n) is 4.46. The monoisotopic (exact) mass is 416 g/mol. The molecule has 0 bridgehead atoms. The largest absolute Gasteiger partial charge is 0.489 e. The summed E-state index contributed by atoms with van der Waals surface area (Å²) in [5.41, 5.74) is 0.214. The molecule has 0 spiro atoms. The van der Waals surface area contributed by atoms with Crippen molar-refractivity contribution in [1.82, 2.24) is 14.8 Å². The molecule has 0 aliphatic carbocycles. The minimum Gasteiger partial charge on any atom is -0.489 e. The molecule has 2 heterocycles. The van der Waals surface area contributed by atoms with Crippen LogP contribution in [0.1, 0.15) is 19.8 Å². The van der Waals surface area contributed by atoms with E-state index in [1.165, 1.54) is 0 Å². The first-order chi connectivity index (χ1) is 13.5. The average molecular weight is 417 g/mol. The first-order valence-corrected chi connectivity index (χ1v) is 9.58. The quantitative estimate of drug-likeness (QED) is 0.595. The molecule has 1 atom stereocenters. The second-order valence-electron chi connectivity index (χ2n) is 6.79. The van der Waals surface area contributed by atoms with Gasteiger partial charge in [-0.1, -0.05) is 46.6 Å². The summed E-state index contributed by atoms with van der Waals surface area (Å²) < 4.78 is 7.43. The summed E-state index contributed by atoms with van der Waals surface area (Å²) in [6, 6.07) is 14.9. The van der Waals surface area contributed by atoms with E-state index in [1.807, 2.05) is 37.3 Å². The van der Waals surface area contributed by atoms with Crippen molar-refractivity contribution in [3.05, 3.63) is 64.9 Å². The predicted octanol–water partition coefficient (Wildman–Crippen LogP) is 5.06. The Morgan fingerprint density at radius 2 is 2.00 bits per heavy atom. The van der Waals surface area contributed by atoms with Gasteiger partial charge in [-0.2, -0.15) is 0 Å². The molecule has 4 rings (SSSR count). The zero-order valence-electron chi connectivity index (χ0n) is 15.2. The molecular weight excluding hydrogens is 399 g/mol. The van der Waals surface area contributed by atoms with E-state index < -0.39 is 5.60 Å². The van der Waals surface area contributed by atoms with E-state index >= 15 is 0 Å². The number of nitrogens with zero attached hydrogens (tertiary/aromatic N) is 4. The molecule has 1 aromatic heterocycles. The fourth-order valence-electron chi connectivity index (χ4n) is 2.82. The van der Waals surface area contributed by atoms with Gasteiger partial charge in [0.05, 0.1) is 5.02 Å². The number of aromatic nitrogens is 3. The molecule has 0 fully saturated rings. The molecule has 0 radical (unpaired) electrons. The van der Waals surface area contributed by atoms with Gasteiger partial charge in [-0.15, -0.1) is 5.10 Å². The van der Waals surface area contributed by atoms with Gasteiger partial charge in [-0.3, -0.25) is 0 Å². The highest BCUT2D eigenvalue weighted by Crippen LogP contribution is 2.29. The standard InChI is InChI=1S/C20H18Cl2N4O2/c1-20(12-27-15-5-3-2-4-6-15)10-9-18(25-28-20)26-13-23-19(24-26)16-8-7-14(21)11-17(16)22/h2-8,11,13H,9-10,12H2,1H3. The number of rotatable bonds is 4. The summed E-state index contributed by atoms with van der Waals surface area (Å²) in [5.74, 6) is 1.99. The lowest BCUT2D eigenvalue weighted by Crippen LogP contribution is -2.39. The van der Waals surface area contributed by atoms with Crippen molar-refractivity contribution in [2.75, 3.05) is 6.61 Å². The molecule has 6 nitrogen and oxygen atoms in total. The molecule has 0 saturated heterocycles. The number of para-hydroxylation sites is 1. The van der Waals surface area contributed by atoms with E-state index in [0.29, 0.717) is 40.3 Å². The fraction of sp³-hybridized carbons (Fsp3) is 0.250. The van der Waals surface area contributed by atoms with Crippen LogP contribution < -0.4 is 4.74 Å². The van der Waals surface area contributed by atoms with Gasteiger partial charge in [0.25, 0.3) is 0 Å². The summed E-state index contributed by atoms with van der Waals surface area (Å²) in [6.07, 6.45) is 3.03. The highest BCUT2D eigenvalue weighted by molar-refractivity contribution is 6.36. The molecule has 0 N–H and O–H groups in total. The molecule has 0 saturated carbocycles. The van der Waals surface area contributed by atoms with Gasteiger partial charge >= 0.3 is 0 Å². The molecule has 0 amide bonds. The molecule has 28 heavy (non-hydrogen) atoms. The molecule has 1 aliphatic rings. The Balaban J connectivity index is 1.44. The molecule has 2 aromatic carbocycles. The van der Waals surface area contributed by atoms with Crippen LogP contribution in [-0.2, 0) is 4.84 Å². The zero-order chi connectivity index (χ0) is 19.6. The third-order valence-corrected chi connectivity index (χ3v) is 5.01. The summed E-state index contributed by atoms with van der Waals surface area (Å²) in [5, 5.41) is 9.79. The van der Waals surface area contributed by atoms with Crippen LogP contribution in [0.4, 0.5) is 0 Å². The lowest BCUT2D eigenvalue weighted by atomic mass is 10.00. The van der Waals surface area contributed by atoms with Crippen LogP contribution in [-0.4, -0.2) is 32.8 Å². The SMILES string of the molecule is CC1(COc2ccccc2)CCC(n2cnc(-c3ccc(Cl)cc3Cl)n2)=NO1. The van der Waals surface area contributed by atoms with Crippen molar-refractivity contribution in [2.45, 2.75) is 25.4 Å². The van der Waals surface area contributed by atoms with Crippen molar-refractivity contribution in [3.8, 4) is 17.1 Å². The van der Waals surface area contributed by atoms with Gasteiger partial charge in [-0.05, 0) is 37.3 Å². The second kappa shape index (κ2) is 7.81. The van der Waals surface area contributed by atoms with Gasteiger partial charge in [0.1, 0.15) is 18.7 Å². The molecule has 144 valence electrons. The number of ether oxygens (including phenoxy) is 1. The van der Waals surface area contributed by atoms with Crippen LogP contribution in [0.25, 0.3) is 11.4 Å². The first kappa shape index (κ1) is 18.8. The van der Waals surface area contributed by atoms with Crippen LogP contribution in [0.3, 0.4) is 0 Å². The first-order valence-electron chi connectivity index (χ1n) is 8.83. The smallest absolute Gasteiger partial charge is 0.183 e. The van der Waals surface area contributed by atoms with Crippen LogP contribution >= 0.6 is 23.2 Å². The minimum atomic E-state index is -0.498. The molecule has 3 aromatic rings. The summed E-state index contributed by atoms with van der Waals surface area (Å²) in [6.45, 7) is 2.40. The topological polar surface area (TPSA) is 61.5 Å². The third kappa shape index (κ3) is 4.13. The van der Waals surface area contributed by atoms with Crippen LogP contribution in [0, 0.1) is 0 Å². The molecular formula is C20H18Cl2N4O2. The highest BCUT2D eigenvalue weighted by Gasteiger charge is 2.32. The van der Waals surface area contributed by atoms with Gasteiger partial charge in [0.15, 0.2) is 17.3 Å². The fourth-order valence-corrected chi connectivity index (χ4v) is 3.31. The zero-order valence-corrected chi connectivity index (χ0v) is 16.7. The predicted molar refractivity (Wildman–Crippen MR) is 109 cm³/mol. The maximum absolute atomic E-state index is 6.24. The summed E-state index contributed by atoms with van der Waals surface area (Å²) >= 11 is 12.2. The van der Waals surface area contributed by atoms with Gasteiger partial charge in [0, 0.05) is 23.4 Å². The van der Waals surface area contributed by atoms with E-state index in [9.17, 15) is 0 Å². The highest BCUT2D eigenvalue weighted by atomic mass is 35.5. The lowest BCUT2D eigenvalue weighted by molar-refractivity contribution is -0.0715. The Hall–Kier alpha value is -2.57. The molecule has 8 heteroatoms. The van der Waals surface area contributed by atoms with Crippen LogP contribution in [0.2, 0.25) is 10.0 Å². The van der Waals surface area contributed by atoms with Crippen molar-refractivity contribution in [3.63, 3.8) is 0 Å². The Morgan fingerprint density at radius 3 is 2.71 bits per heavy atom. The van der Waals surface area contributed by atoms with E-state index in [-0.39, 0.29) is 0 Å². The second-order valence-corrected chi connectivity index (χ2v) is 7.63. The number of hydrogen-bond donors (Lipinski definition) is 0. The molecule has 1 unspecified atom stereocenters. The Kier molecular flexibility index (Phi) is 5.24. The van der Waals surface area contributed by atoms with Crippen molar-refractivity contribution >= 4 is 29.0 Å². The summed E-state index contributed by atoms with van der Waals surface area (Å²) in [4.78, 5) is 10.1. The van der Waals surface area contributed by atoms with Gasteiger partial charge in [0.2, 0.25) is 0 Å². The Labute approximate surface area is 172 Å². The van der Waals surface area contributed by atoms with E-state index in [4.69, 9.17) is 32.8 Å². The normalized spacial score (nSPS) is 19.0. The average Bonchev–Trinajstić information content (AvgIpc) is 3.18. The van der Waals surface area contributed by atoms with Crippen molar-refractivity contribution in [1.29, 1.82) is 0 Å². The maximum Gasteiger partial charge on any atom is 0.183 e. The number of halogens is 2. The van der Waals surface area contributed by atoms with E-state index in [0.717, 1.165) is 12.2 Å². The van der Waals surface area contributed by atoms with Crippen molar-refractivity contribution < 1.29 is 9.57 Å². The van der Waals surface area contributed by atoms with Gasteiger partial charge in [-0.25, -0.2) is 9.67 Å². The van der Waals surface area contributed by atoms with Crippen LogP contribution in [0.15, 0.2) is 60.0 Å². The van der Waals surface area contributed by atoms with E-state index in [1.54, 1.807) is 29.2 Å².